The summed E-state index contributed by atoms with van der Waals surface area (Å²) >= 11 is 2.31. The Kier molecular flexibility index (Phi) is 8.62. The van der Waals surface area contributed by atoms with Gasteiger partial charge in [0.2, 0.25) is 0 Å². The molecule has 2 aliphatic rings. The molecule has 31 heavy (non-hydrogen) atoms. The predicted octanol–water partition coefficient (Wildman–Crippen LogP) is 5.92. The van der Waals surface area contributed by atoms with Crippen molar-refractivity contribution < 1.29 is 18.8 Å². The highest BCUT2D eigenvalue weighted by Crippen LogP contribution is 2.42. The van der Waals surface area contributed by atoms with Gasteiger partial charge >= 0.3 is 5.97 Å². The molecule has 0 amide bonds. The fourth-order valence-corrected chi connectivity index (χ4v) is 10.6. The van der Waals surface area contributed by atoms with Crippen LogP contribution in [-0.4, -0.2) is 44.2 Å². The first kappa shape index (κ1) is 25.1. The number of benzene rings is 1. The van der Waals surface area contributed by atoms with Crippen molar-refractivity contribution in [3.8, 4) is 0 Å². The molecule has 0 spiro atoms. The summed E-state index contributed by atoms with van der Waals surface area (Å²) in [5.41, 5.74) is 2.21. The summed E-state index contributed by atoms with van der Waals surface area (Å²) in [5.74, 6) is -0.166. The molecule has 0 bridgehead atoms. The molecule has 2 fully saturated rings. The van der Waals surface area contributed by atoms with E-state index in [9.17, 15) is 4.79 Å². The second-order valence-corrected chi connectivity index (χ2v) is 15.9. The second kappa shape index (κ2) is 10.6. The zero-order valence-electron chi connectivity index (χ0n) is 19.8. The summed E-state index contributed by atoms with van der Waals surface area (Å²) in [6.45, 7) is 14.6. The van der Waals surface area contributed by atoms with E-state index >= 15 is 0 Å². The fourth-order valence-electron chi connectivity index (χ4n) is 5.30. The molecule has 0 radical (unpaired) electrons. The van der Waals surface area contributed by atoms with Crippen molar-refractivity contribution in [2.75, 3.05) is 6.61 Å². The minimum atomic E-state index is -1.95. The van der Waals surface area contributed by atoms with Crippen LogP contribution in [0.25, 0.3) is 0 Å². The smallest absolute Gasteiger partial charge is 0.326 e. The Balaban J connectivity index is 1.78. The first-order valence-electron chi connectivity index (χ1n) is 11.7. The maximum atomic E-state index is 12.7. The van der Waals surface area contributed by atoms with E-state index in [2.05, 4.69) is 75.4 Å². The molecule has 0 saturated carbocycles. The zero-order valence-corrected chi connectivity index (χ0v) is 22.9. The largest absolute Gasteiger partial charge is 0.461 e. The number of rotatable bonds is 10. The lowest BCUT2D eigenvalue weighted by atomic mass is 9.93. The van der Waals surface area contributed by atoms with Gasteiger partial charge in [0.05, 0.1) is 19.1 Å². The highest BCUT2D eigenvalue weighted by molar-refractivity contribution is 14.1. The molecule has 0 aliphatic carbocycles. The molecular formula is C24H38INO4Si. The first-order chi connectivity index (χ1) is 14.7. The number of carbonyl (C=O) groups is 1. The summed E-state index contributed by atoms with van der Waals surface area (Å²) in [7, 11) is -1.95. The maximum Gasteiger partial charge on any atom is 0.326 e. The summed E-state index contributed by atoms with van der Waals surface area (Å²) in [5, 5.41) is 1.84. The minimum absolute atomic E-state index is 0.00693. The average molecular weight is 560 g/mol. The molecule has 5 nitrogen and oxygen atoms in total. The number of ether oxygens (including phenoxy) is 1. The lowest BCUT2D eigenvalue weighted by molar-refractivity contribution is -0.195. The molecule has 174 valence electrons. The van der Waals surface area contributed by atoms with Crippen LogP contribution in [0.15, 0.2) is 24.3 Å². The molecule has 4 atom stereocenters. The molecule has 1 aromatic rings. The average Bonchev–Trinajstić information content (AvgIpc) is 3.20. The van der Waals surface area contributed by atoms with E-state index in [0.29, 0.717) is 24.2 Å². The standard InChI is InChI=1S/C24H38INO4Si/c1-7-8-12-31(16(2)3,17(4)5)28-15-21-22-18(6)29-24(27)23(22)26(30-21)14-19-10-9-11-20(25)13-19/h9-11,13,16-18,21-23H,7-8,12,14-15H2,1-6H3/t18-,21-,22+,23-/m1/s1. The van der Waals surface area contributed by atoms with Gasteiger partial charge in [-0.1, -0.05) is 59.6 Å². The normalized spacial score (nSPS) is 26.7. The quantitative estimate of drug-likeness (QED) is 0.202. The van der Waals surface area contributed by atoms with Crippen molar-refractivity contribution in [2.45, 2.75) is 96.3 Å². The van der Waals surface area contributed by atoms with Gasteiger partial charge in [0, 0.05) is 3.57 Å². The highest BCUT2D eigenvalue weighted by Gasteiger charge is 2.57. The number of esters is 1. The molecule has 2 heterocycles. The second-order valence-electron chi connectivity index (χ2n) is 9.69. The Hall–Kier alpha value is -0.483. The number of fused-ring (bicyclic) bond motifs is 1. The van der Waals surface area contributed by atoms with Gasteiger partial charge in [-0.3, -0.25) is 9.63 Å². The highest BCUT2D eigenvalue weighted by atomic mass is 127. The van der Waals surface area contributed by atoms with Gasteiger partial charge in [0.15, 0.2) is 8.32 Å². The van der Waals surface area contributed by atoms with Crippen LogP contribution in [-0.2, 0) is 25.3 Å². The molecule has 7 heteroatoms. The van der Waals surface area contributed by atoms with E-state index < -0.39 is 8.32 Å². The van der Waals surface area contributed by atoms with Crippen LogP contribution in [0, 0.1) is 9.49 Å². The van der Waals surface area contributed by atoms with Crippen molar-refractivity contribution in [3.05, 3.63) is 33.4 Å². The summed E-state index contributed by atoms with van der Waals surface area (Å²) < 4.78 is 13.7. The van der Waals surface area contributed by atoms with E-state index in [4.69, 9.17) is 14.0 Å². The van der Waals surface area contributed by atoms with Gasteiger partial charge in [-0.2, -0.15) is 5.06 Å². The third-order valence-corrected chi connectivity index (χ3v) is 13.5. The molecular weight excluding hydrogens is 521 g/mol. The molecule has 2 aliphatic heterocycles. The van der Waals surface area contributed by atoms with Crippen molar-refractivity contribution in [3.63, 3.8) is 0 Å². The van der Waals surface area contributed by atoms with Crippen LogP contribution in [0.2, 0.25) is 17.1 Å². The SMILES string of the molecule is CCCC[Si](OC[C@H]1ON(Cc2cccc(I)c2)[C@H]2C(=O)O[C@H](C)[C@@H]12)(C(C)C)C(C)C. The van der Waals surface area contributed by atoms with Crippen molar-refractivity contribution in [1.82, 2.24) is 5.06 Å². The monoisotopic (exact) mass is 559 g/mol. The van der Waals surface area contributed by atoms with Gasteiger partial charge in [0.25, 0.3) is 0 Å². The Bertz CT molecular complexity index is 751. The lowest BCUT2D eigenvalue weighted by Gasteiger charge is -2.40. The van der Waals surface area contributed by atoms with Crippen LogP contribution in [0.5, 0.6) is 0 Å². The van der Waals surface area contributed by atoms with Crippen molar-refractivity contribution in [1.29, 1.82) is 0 Å². The van der Waals surface area contributed by atoms with E-state index in [1.54, 1.807) is 0 Å². The third-order valence-electron chi connectivity index (χ3n) is 7.08. The maximum absolute atomic E-state index is 12.7. The van der Waals surface area contributed by atoms with Crippen LogP contribution in [0.3, 0.4) is 0 Å². The van der Waals surface area contributed by atoms with Gasteiger partial charge in [-0.05, 0) is 64.3 Å². The van der Waals surface area contributed by atoms with Crippen LogP contribution in [0.1, 0.15) is 59.9 Å². The lowest BCUT2D eigenvalue weighted by Crippen LogP contribution is -2.47. The molecule has 0 unspecified atom stereocenters. The van der Waals surface area contributed by atoms with Crippen LogP contribution in [0.4, 0.5) is 0 Å². The topological polar surface area (TPSA) is 48.0 Å². The van der Waals surface area contributed by atoms with Crippen LogP contribution >= 0.6 is 22.6 Å². The Morgan fingerprint density at radius 1 is 1.23 bits per heavy atom. The summed E-state index contributed by atoms with van der Waals surface area (Å²) in [6, 6.07) is 9.14. The van der Waals surface area contributed by atoms with Crippen molar-refractivity contribution in [2.24, 2.45) is 5.92 Å². The Labute approximate surface area is 202 Å². The molecule has 0 aromatic heterocycles. The molecule has 0 N–H and O–H groups in total. The fraction of sp³-hybridized carbons (Fsp3) is 0.708. The number of cyclic esters (lactones) is 1. The van der Waals surface area contributed by atoms with Gasteiger partial charge < -0.3 is 9.16 Å². The van der Waals surface area contributed by atoms with Gasteiger partial charge in [0.1, 0.15) is 18.2 Å². The first-order valence-corrected chi connectivity index (χ1v) is 15.1. The third kappa shape index (κ3) is 5.37. The number of halogens is 1. The predicted molar refractivity (Wildman–Crippen MR) is 134 cm³/mol. The summed E-state index contributed by atoms with van der Waals surface area (Å²) in [4.78, 5) is 19.1. The number of hydroxylamine groups is 2. The zero-order chi connectivity index (χ0) is 22.8. The van der Waals surface area contributed by atoms with E-state index in [1.165, 1.54) is 22.5 Å². The van der Waals surface area contributed by atoms with E-state index in [0.717, 1.165) is 5.56 Å². The number of hydrogen-bond acceptors (Lipinski definition) is 5. The molecule has 3 rings (SSSR count). The minimum Gasteiger partial charge on any atom is -0.461 e. The Morgan fingerprint density at radius 3 is 2.55 bits per heavy atom. The molecule has 1 aromatic carbocycles. The van der Waals surface area contributed by atoms with Gasteiger partial charge in [-0.25, -0.2) is 0 Å². The van der Waals surface area contributed by atoms with Crippen molar-refractivity contribution >= 4 is 36.9 Å². The van der Waals surface area contributed by atoms with Gasteiger partial charge in [-0.15, -0.1) is 0 Å². The number of hydrogen-bond donors (Lipinski definition) is 0. The Morgan fingerprint density at radius 2 is 1.94 bits per heavy atom. The number of nitrogens with zero attached hydrogens (tertiary/aromatic N) is 1. The number of unbranched alkanes of at least 4 members (excludes halogenated alkanes) is 1. The van der Waals surface area contributed by atoms with Crippen LogP contribution < -0.4 is 0 Å². The molecule has 2 saturated heterocycles. The van der Waals surface area contributed by atoms with E-state index in [-0.39, 0.29) is 30.1 Å². The summed E-state index contributed by atoms with van der Waals surface area (Å²) in [6.07, 6.45) is 2.08. The number of carbonyl (C=O) groups excluding carboxylic acids is 1. The van der Waals surface area contributed by atoms with E-state index in [1.807, 2.05) is 18.1 Å².